The van der Waals surface area contributed by atoms with Gasteiger partial charge in [-0.1, -0.05) is 6.07 Å². The Morgan fingerprint density at radius 1 is 1.37 bits per heavy atom. The molecule has 19 heavy (non-hydrogen) atoms. The Morgan fingerprint density at radius 3 is 2.58 bits per heavy atom. The first kappa shape index (κ1) is 16.9. The number of halogens is 1. The van der Waals surface area contributed by atoms with Crippen LogP contribution >= 0.6 is 23.7 Å². The lowest BCUT2D eigenvalue weighted by molar-refractivity contribution is 0.278. The van der Waals surface area contributed by atoms with Crippen molar-refractivity contribution in [1.29, 1.82) is 0 Å². The number of rotatable bonds is 5. The Kier molecular flexibility index (Phi) is 6.76. The van der Waals surface area contributed by atoms with Crippen LogP contribution in [0.5, 0.6) is 0 Å². The summed E-state index contributed by atoms with van der Waals surface area (Å²) in [5, 5.41) is 1.98. The molecule has 2 heterocycles. The minimum absolute atomic E-state index is 0. The summed E-state index contributed by atoms with van der Waals surface area (Å²) in [7, 11) is -3.09. The molecule has 2 N–H and O–H groups in total. The summed E-state index contributed by atoms with van der Waals surface area (Å²) < 4.78 is 26.0. The molecule has 1 saturated heterocycles. The van der Waals surface area contributed by atoms with Crippen LogP contribution in [0, 0.1) is 5.92 Å². The minimum atomic E-state index is -3.09. The molecule has 0 atom stereocenters. The van der Waals surface area contributed by atoms with Crippen LogP contribution in [0.1, 0.15) is 17.7 Å². The summed E-state index contributed by atoms with van der Waals surface area (Å²) in [6.45, 7) is 1.94. The number of aryl methyl sites for hydroxylation is 1. The quantitative estimate of drug-likeness (QED) is 0.897. The second-order valence-electron chi connectivity index (χ2n) is 4.72. The fourth-order valence-corrected chi connectivity index (χ4v) is 4.58. The summed E-state index contributed by atoms with van der Waals surface area (Å²) in [6.07, 6.45) is 2.42. The third-order valence-corrected chi connectivity index (χ3v) is 6.29. The van der Waals surface area contributed by atoms with Crippen molar-refractivity contribution in [1.82, 2.24) is 4.31 Å². The van der Waals surface area contributed by atoms with Gasteiger partial charge in [-0.3, -0.25) is 0 Å². The van der Waals surface area contributed by atoms with Crippen LogP contribution in [0.3, 0.4) is 0 Å². The fourth-order valence-electron chi connectivity index (χ4n) is 2.24. The highest BCUT2D eigenvalue weighted by Crippen LogP contribution is 2.19. The maximum absolute atomic E-state index is 12.2. The van der Waals surface area contributed by atoms with Crippen molar-refractivity contribution in [3.8, 4) is 0 Å². The number of hydrogen-bond donors (Lipinski definition) is 1. The second kappa shape index (κ2) is 7.59. The SMILES string of the molecule is Cl.NCC1CCN(S(=O)(=O)CCc2cccs2)CC1. The molecule has 0 bridgehead atoms. The zero-order valence-electron chi connectivity index (χ0n) is 10.8. The van der Waals surface area contributed by atoms with Gasteiger partial charge in [-0.25, -0.2) is 12.7 Å². The van der Waals surface area contributed by atoms with Crippen LogP contribution in [0.15, 0.2) is 17.5 Å². The van der Waals surface area contributed by atoms with Crippen molar-refractivity contribution in [3.63, 3.8) is 0 Å². The lowest BCUT2D eigenvalue weighted by Crippen LogP contribution is -2.41. The highest BCUT2D eigenvalue weighted by molar-refractivity contribution is 7.89. The number of piperidine rings is 1. The van der Waals surface area contributed by atoms with E-state index in [0.717, 1.165) is 17.7 Å². The van der Waals surface area contributed by atoms with E-state index in [9.17, 15) is 8.42 Å². The molecule has 1 aliphatic rings. The Hall–Kier alpha value is -0.140. The van der Waals surface area contributed by atoms with Gasteiger partial charge in [0.05, 0.1) is 5.75 Å². The van der Waals surface area contributed by atoms with E-state index < -0.39 is 10.0 Å². The first-order chi connectivity index (χ1) is 8.62. The van der Waals surface area contributed by atoms with E-state index in [0.29, 0.717) is 32.0 Å². The van der Waals surface area contributed by atoms with Gasteiger partial charge in [0.15, 0.2) is 0 Å². The summed E-state index contributed by atoms with van der Waals surface area (Å²) in [6, 6.07) is 3.94. The van der Waals surface area contributed by atoms with Crippen molar-refractivity contribution in [2.24, 2.45) is 11.7 Å². The standard InChI is InChI=1S/C12H20N2O2S2.ClH/c13-10-11-3-6-14(7-4-11)18(15,16)9-5-12-2-1-8-17-12;/h1-2,8,11H,3-7,9-10,13H2;1H. The molecule has 1 aliphatic heterocycles. The van der Waals surface area contributed by atoms with Crippen LogP contribution in [-0.4, -0.2) is 38.1 Å². The number of sulfonamides is 1. The molecule has 0 amide bonds. The van der Waals surface area contributed by atoms with E-state index in [2.05, 4.69) is 0 Å². The summed E-state index contributed by atoms with van der Waals surface area (Å²) in [5.74, 6) is 0.717. The van der Waals surface area contributed by atoms with Gasteiger partial charge < -0.3 is 5.73 Å². The summed E-state index contributed by atoms with van der Waals surface area (Å²) in [5.41, 5.74) is 5.61. The van der Waals surface area contributed by atoms with Gasteiger partial charge in [0, 0.05) is 18.0 Å². The fraction of sp³-hybridized carbons (Fsp3) is 0.667. The minimum Gasteiger partial charge on any atom is -0.330 e. The maximum atomic E-state index is 12.2. The van der Waals surface area contributed by atoms with Gasteiger partial charge in [0.2, 0.25) is 10.0 Å². The predicted octanol–water partition coefficient (Wildman–Crippen LogP) is 1.71. The Labute approximate surface area is 125 Å². The monoisotopic (exact) mass is 324 g/mol. The molecule has 0 spiro atoms. The molecule has 7 heteroatoms. The van der Waals surface area contributed by atoms with Crippen LogP contribution in [0.4, 0.5) is 0 Å². The number of nitrogens with zero attached hydrogens (tertiary/aromatic N) is 1. The zero-order valence-corrected chi connectivity index (χ0v) is 13.3. The molecular weight excluding hydrogens is 304 g/mol. The van der Waals surface area contributed by atoms with Crippen molar-refractivity contribution >= 4 is 33.8 Å². The molecule has 0 radical (unpaired) electrons. The van der Waals surface area contributed by atoms with Gasteiger partial charge in [-0.05, 0) is 43.2 Å². The van der Waals surface area contributed by atoms with Crippen molar-refractivity contribution in [3.05, 3.63) is 22.4 Å². The number of thiophene rings is 1. The van der Waals surface area contributed by atoms with Gasteiger partial charge in [-0.15, -0.1) is 23.7 Å². The first-order valence-corrected chi connectivity index (χ1v) is 8.81. The van der Waals surface area contributed by atoms with E-state index in [1.54, 1.807) is 15.6 Å². The van der Waals surface area contributed by atoms with Gasteiger partial charge in [-0.2, -0.15) is 0 Å². The summed E-state index contributed by atoms with van der Waals surface area (Å²) in [4.78, 5) is 1.13. The molecule has 1 fully saturated rings. The molecule has 0 unspecified atom stereocenters. The van der Waals surface area contributed by atoms with E-state index >= 15 is 0 Å². The molecule has 4 nitrogen and oxygen atoms in total. The van der Waals surface area contributed by atoms with E-state index in [4.69, 9.17) is 5.73 Å². The third kappa shape index (κ3) is 4.72. The average Bonchev–Trinajstić information content (AvgIpc) is 2.90. The molecule has 1 aromatic rings. The Bertz CT molecular complexity index is 454. The normalized spacial score (nSPS) is 18.2. The van der Waals surface area contributed by atoms with Crippen LogP contribution in [0.25, 0.3) is 0 Å². The highest BCUT2D eigenvalue weighted by atomic mass is 35.5. The lowest BCUT2D eigenvalue weighted by atomic mass is 9.99. The maximum Gasteiger partial charge on any atom is 0.214 e. The van der Waals surface area contributed by atoms with Crippen LogP contribution in [0.2, 0.25) is 0 Å². The van der Waals surface area contributed by atoms with Crippen molar-refractivity contribution in [2.45, 2.75) is 19.3 Å². The van der Waals surface area contributed by atoms with Crippen molar-refractivity contribution < 1.29 is 8.42 Å². The van der Waals surface area contributed by atoms with E-state index in [-0.39, 0.29) is 18.2 Å². The van der Waals surface area contributed by atoms with E-state index in [1.807, 2.05) is 17.5 Å². The van der Waals surface area contributed by atoms with E-state index in [1.165, 1.54) is 0 Å². The molecule has 0 aliphatic carbocycles. The average molecular weight is 325 g/mol. The predicted molar refractivity (Wildman–Crippen MR) is 82.4 cm³/mol. The Balaban J connectivity index is 0.00000180. The highest BCUT2D eigenvalue weighted by Gasteiger charge is 2.27. The smallest absolute Gasteiger partial charge is 0.214 e. The van der Waals surface area contributed by atoms with Gasteiger partial charge in [0.25, 0.3) is 0 Å². The molecule has 110 valence electrons. The summed E-state index contributed by atoms with van der Waals surface area (Å²) >= 11 is 1.61. The number of nitrogens with two attached hydrogens (primary N) is 1. The third-order valence-electron chi connectivity index (χ3n) is 3.49. The lowest BCUT2D eigenvalue weighted by Gasteiger charge is -2.30. The van der Waals surface area contributed by atoms with Gasteiger partial charge >= 0.3 is 0 Å². The molecular formula is C12H21ClN2O2S2. The molecule has 2 rings (SSSR count). The topological polar surface area (TPSA) is 63.4 Å². The number of hydrogen-bond acceptors (Lipinski definition) is 4. The molecule has 0 aromatic carbocycles. The van der Waals surface area contributed by atoms with Crippen molar-refractivity contribution in [2.75, 3.05) is 25.4 Å². The second-order valence-corrected chi connectivity index (χ2v) is 7.84. The largest absolute Gasteiger partial charge is 0.330 e. The zero-order chi connectivity index (χ0) is 13.0. The Morgan fingerprint density at radius 2 is 2.05 bits per heavy atom. The van der Waals surface area contributed by atoms with Crippen LogP contribution in [-0.2, 0) is 16.4 Å². The first-order valence-electron chi connectivity index (χ1n) is 6.32. The molecule has 0 saturated carbocycles. The van der Waals surface area contributed by atoms with Crippen LogP contribution < -0.4 is 5.73 Å². The molecule has 1 aromatic heterocycles. The van der Waals surface area contributed by atoms with Gasteiger partial charge in [0.1, 0.15) is 0 Å².